The number of benzene rings is 1. The lowest BCUT2D eigenvalue weighted by Crippen LogP contribution is -2.55. The second-order valence-corrected chi connectivity index (χ2v) is 11.4. The summed E-state index contributed by atoms with van der Waals surface area (Å²) in [6, 6.07) is 9.95. The molecule has 0 unspecified atom stereocenters. The Morgan fingerprint density at radius 1 is 1.07 bits per heavy atom. The third kappa shape index (κ3) is 9.15. The normalized spacial score (nSPS) is 16.5. The lowest BCUT2D eigenvalue weighted by atomic mass is 10.1. The Kier molecular flexibility index (Phi) is 11.5. The molecule has 0 radical (unpaired) electrons. The molecule has 2 aromatic rings. The van der Waals surface area contributed by atoms with Gasteiger partial charge >= 0.3 is 12.1 Å². The number of nitrogens with one attached hydrogen (secondary N) is 1. The van der Waals surface area contributed by atoms with Gasteiger partial charge in [0.05, 0.1) is 25.4 Å². The van der Waals surface area contributed by atoms with E-state index in [2.05, 4.69) is 10.3 Å². The van der Waals surface area contributed by atoms with Crippen molar-refractivity contribution in [3.05, 3.63) is 47.8 Å². The summed E-state index contributed by atoms with van der Waals surface area (Å²) >= 11 is 1.83. The van der Waals surface area contributed by atoms with E-state index in [1.807, 2.05) is 42.1 Å². The van der Waals surface area contributed by atoms with Crippen LogP contribution >= 0.6 is 11.8 Å². The first kappa shape index (κ1) is 31.2. The fourth-order valence-electron chi connectivity index (χ4n) is 4.89. The molecule has 0 spiro atoms. The molecule has 1 aliphatic carbocycles. The smallest absolute Gasteiger partial charge is 0.481 e. The highest BCUT2D eigenvalue weighted by Crippen LogP contribution is 2.31. The van der Waals surface area contributed by atoms with Crippen LogP contribution in [-0.2, 0) is 24.9 Å². The summed E-state index contributed by atoms with van der Waals surface area (Å²) in [6.45, 7) is 2.81. The summed E-state index contributed by atoms with van der Waals surface area (Å²) in [7, 11) is 0. The number of carboxylic acids is 1. The molecule has 1 saturated heterocycles. The van der Waals surface area contributed by atoms with Crippen molar-refractivity contribution in [2.75, 3.05) is 32.8 Å². The zero-order chi connectivity index (χ0) is 29.9. The second kappa shape index (κ2) is 15.5. The minimum Gasteiger partial charge on any atom is -0.481 e. The van der Waals surface area contributed by atoms with Crippen LogP contribution in [0.1, 0.15) is 61.6 Å². The van der Waals surface area contributed by atoms with Crippen LogP contribution in [0, 0.1) is 0 Å². The number of hydroxylamine groups is 2. The number of aromatic nitrogens is 2. The van der Waals surface area contributed by atoms with Crippen molar-refractivity contribution in [3.8, 4) is 11.4 Å². The van der Waals surface area contributed by atoms with Gasteiger partial charge in [0.15, 0.2) is 5.82 Å². The molecular formula is C29H37N5O7S. The van der Waals surface area contributed by atoms with Crippen LogP contribution in [0.5, 0.6) is 0 Å². The first-order valence-corrected chi connectivity index (χ1v) is 15.3. The summed E-state index contributed by atoms with van der Waals surface area (Å²) in [4.78, 5) is 65.8. The highest BCUT2D eigenvalue weighted by molar-refractivity contribution is 7.99. The summed E-state index contributed by atoms with van der Waals surface area (Å²) in [5.74, 6) is -1.01. The quantitative estimate of drug-likeness (QED) is 0.345. The van der Waals surface area contributed by atoms with Gasteiger partial charge in [0.25, 0.3) is 5.91 Å². The summed E-state index contributed by atoms with van der Waals surface area (Å²) in [5.41, 5.74) is 1.60. The maximum Gasteiger partial charge on any atom is 0.527 e. The predicted octanol–water partition coefficient (Wildman–Crippen LogP) is 3.51. The molecule has 2 fully saturated rings. The van der Waals surface area contributed by atoms with E-state index in [4.69, 9.17) is 14.6 Å². The molecule has 1 aromatic carbocycles. The minimum absolute atomic E-state index is 0.0829. The Morgan fingerprint density at radius 3 is 2.45 bits per heavy atom. The molecule has 2 N–H and O–H groups in total. The highest BCUT2D eigenvalue weighted by atomic mass is 32.2. The summed E-state index contributed by atoms with van der Waals surface area (Å²) in [6.07, 6.45) is 3.60. The molecule has 42 heavy (non-hydrogen) atoms. The molecular weight excluding hydrogens is 562 g/mol. The molecule has 2 aliphatic rings. The van der Waals surface area contributed by atoms with Crippen molar-refractivity contribution in [1.29, 1.82) is 0 Å². The van der Waals surface area contributed by atoms with Crippen LogP contribution in [0.25, 0.3) is 11.4 Å². The van der Waals surface area contributed by atoms with Gasteiger partial charge in [-0.1, -0.05) is 43.2 Å². The third-order valence-corrected chi connectivity index (χ3v) is 8.48. The average Bonchev–Trinajstić information content (AvgIpc) is 3.52. The SMILES string of the molecule is CCOC(=O)ON1CCN(C(=O)[C@H](CCC(=O)O)NC(=O)c2cc(CSC3CCCC3)nc(-c3ccccc3)n2)CC1. The predicted molar refractivity (Wildman–Crippen MR) is 155 cm³/mol. The Balaban J connectivity index is 1.48. The number of hydrogen-bond acceptors (Lipinski definition) is 10. The van der Waals surface area contributed by atoms with Crippen LogP contribution in [0.4, 0.5) is 4.79 Å². The Labute approximate surface area is 249 Å². The van der Waals surface area contributed by atoms with E-state index >= 15 is 0 Å². The number of piperazine rings is 1. The van der Waals surface area contributed by atoms with Gasteiger partial charge in [0.2, 0.25) is 5.91 Å². The van der Waals surface area contributed by atoms with E-state index < -0.39 is 30.0 Å². The number of thioether (sulfide) groups is 1. The molecule has 1 aliphatic heterocycles. The number of carboxylic acid groups (broad SMARTS) is 1. The number of aliphatic carboxylic acids is 1. The molecule has 13 heteroatoms. The van der Waals surface area contributed by atoms with Crippen LogP contribution in [0.2, 0.25) is 0 Å². The van der Waals surface area contributed by atoms with Crippen molar-refractivity contribution in [2.24, 2.45) is 0 Å². The van der Waals surface area contributed by atoms with Gasteiger partial charge in [-0.05, 0) is 32.3 Å². The van der Waals surface area contributed by atoms with Gasteiger partial charge in [-0.15, -0.1) is 5.06 Å². The zero-order valence-electron chi connectivity index (χ0n) is 23.7. The number of amides is 2. The third-order valence-electron chi connectivity index (χ3n) is 7.08. The van der Waals surface area contributed by atoms with E-state index in [9.17, 15) is 24.3 Å². The first-order valence-electron chi connectivity index (χ1n) is 14.3. The van der Waals surface area contributed by atoms with Gasteiger partial charge in [-0.2, -0.15) is 11.8 Å². The molecule has 226 valence electrons. The van der Waals surface area contributed by atoms with Gasteiger partial charge in [-0.25, -0.2) is 14.8 Å². The molecule has 0 bridgehead atoms. The Hall–Kier alpha value is -3.71. The second-order valence-electron chi connectivity index (χ2n) is 10.1. The monoisotopic (exact) mass is 599 g/mol. The largest absolute Gasteiger partial charge is 0.527 e. The highest BCUT2D eigenvalue weighted by Gasteiger charge is 2.31. The number of carbonyl (C=O) groups excluding carboxylic acids is 3. The van der Waals surface area contributed by atoms with E-state index in [1.165, 1.54) is 35.6 Å². The fraction of sp³-hybridized carbons (Fsp3) is 0.517. The topological polar surface area (TPSA) is 151 Å². The zero-order valence-corrected chi connectivity index (χ0v) is 24.5. The molecule has 12 nitrogen and oxygen atoms in total. The Bertz CT molecular complexity index is 1230. The van der Waals surface area contributed by atoms with E-state index in [-0.39, 0.29) is 51.3 Å². The van der Waals surface area contributed by atoms with Crippen molar-refractivity contribution >= 4 is 35.7 Å². The van der Waals surface area contributed by atoms with E-state index in [0.29, 0.717) is 16.8 Å². The van der Waals surface area contributed by atoms with Crippen LogP contribution < -0.4 is 5.32 Å². The van der Waals surface area contributed by atoms with Crippen molar-refractivity contribution in [1.82, 2.24) is 25.2 Å². The van der Waals surface area contributed by atoms with Gasteiger partial charge in [-0.3, -0.25) is 14.4 Å². The van der Waals surface area contributed by atoms with Gasteiger partial charge < -0.3 is 24.9 Å². The molecule has 1 atom stereocenters. The van der Waals surface area contributed by atoms with E-state index in [1.54, 1.807) is 13.0 Å². The molecule has 2 amide bonds. The molecule has 1 aromatic heterocycles. The number of rotatable bonds is 12. The molecule has 1 saturated carbocycles. The minimum atomic E-state index is -1.07. The maximum absolute atomic E-state index is 13.5. The fourth-order valence-corrected chi connectivity index (χ4v) is 6.11. The number of hydrogen-bond donors (Lipinski definition) is 2. The van der Waals surface area contributed by atoms with Gasteiger partial charge in [0.1, 0.15) is 11.7 Å². The van der Waals surface area contributed by atoms with Crippen LogP contribution in [-0.4, -0.2) is 93.1 Å². The van der Waals surface area contributed by atoms with Gasteiger partial charge in [0, 0.05) is 36.1 Å². The standard InChI is InChI=1S/C29H37N5O7S/c1-2-40-29(39)41-34-16-14-33(15-17-34)28(38)23(12-13-25(35)36)32-27(37)24-18-21(19-42-22-10-6-7-11-22)30-26(31-24)20-8-4-3-5-9-20/h3-5,8-9,18,22-23H,2,6-7,10-17,19H2,1H3,(H,32,37)(H,35,36)/t23-/m0/s1. The van der Waals surface area contributed by atoms with Crippen molar-refractivity contribution in [3.63, 3.8) is 0 Å². The number of nitrogens with zero attached hydrogens (tertiary/aromatic N) is 4. The van der Waals surface area contributed by atoms with Crippen LogP contribution in [0.3, 0.4) is 0 Å². The lowest BCUT2D eigenvalue weighted by Gasteiger charge is -2.35. The first-order chi connectivity index (χ1) is 20.3. The summed E-state index contributed by atoms with van der Waals surface area (Å²) in [5, 5.41) is 14.0. The molecule has 4 rings (SSSR count). The average molecular weight is 600 g/mol. The number of ether oxygens (including phenoxy) is 1. The number of carbonyl (C=O) groups is 4. The maximum atomic E-state index is 13.5. The van der Waals surface area contributed by atoms with Crippen LogP contribution in [0.15, 0.2) is 36.4 Å². The lowest BCUT2D eigenvalue weighted by molar-refractivity contribution is -0.157. The van der Waals surface area contributed by atoms with E-state index in [0.717, 1.165) is 11.3 Å². The van der Waals surface area contributed by atoms with Crippen molar-refractivity contribution in [2.45, 2.75) is 62.5 Å². The Morgan fingerprint density at radius 2 is 1.79 bits per heavy atom. The van der Waals surface area contributed by atoms with Crippen molar-refractivity contribution < 1.29 is 33.9 Å². The summed E-state index contributed by atoms with van der Waals surface area (Å²) < 4.78 is 4.79. The molecule has 2 heterocycles.